The average molecular weight is 239 g/mol. The molecule has 0 spiro atoms. The first-order valence-corrected chi connectivity index (χ1v) is 6.22. The average Bonchev–Trinajstić information content (AvgIpc) is 2.40. The predicted molar refractivity (Wildman–Crippen MR) is 71.4 cm³/mol. The van der Waals surface area contributed by atoms with Gasteiger partial charge in [-0.25, -0.2) is 4.39 Å². The van der Waals surface area contributed by atoms with Gasteiger partial charge in [-0.2, -0.15) is 0 Å². The van der Waals surface area contributed by atoms with Crippen molar-refractivity contribution in [3.8, 4) is 0 Å². The largest absolute Gasteiger partial charge is 0.265 e. The third-order valence-corrected chi connectivity index (χ3v) is 3.35. The van der Waals surface area contributed by atoms with Crippen LogP contribution in [-0.4, -0.2) is 4.98 Å². The number of pyridine rings is 1. The first-order valence-electron chi connectivity index (χ1n) is 6.22. The topological polar surface area (TPSA) is 12.9 Å². The molecule has 18 heavy (non-hydrogen) atoms. The van der Waals surface area contributed by atoms with E-state index in [1.54, 1.807) is 24.5 Å². The summed E-state index contributed by atoms with van der Waals surface area (Å²) in [6.45, 7) is 0. The van der Waals surface area contributed by atoms with E-state index in [9.17, 15) is 4.39 Å². The Labute approximate surface area is 106 Å². The molecule has 1 aliphatic carbocycles. The molecule has 1 heterocycles. The van der Waals surface area contributed by atoms with Gasteiger partial charge in [0.25, 0.3) is 0 Å². The minimum absolute atomic E-state index is 0.140. The van der Waals surface area contributed by atoms with Crippen LogP contribution in [0.15, 0.2) is 42.7 Å². The molecule has 0 fully saturated rings. The first kappa shape index (κ1) is 11.1. The lowest BCUT2D eigenvalue weighted by Gasteiger charge is -2.19. The lowest BCUT2D eigenvalue weighted by molar-refractivity contribution is 0.623. The van der Waals surface area contributed by atoms with E-state index in [0.29, 0.717) is 0 Å². The van der Waals surface area contributed by atoms with Crippen molar-refractivity contribution in [1.29, 1.82) is 0 Å². The Morgan fingerprint density at radius 2 is 1.89 bits per heavy atom. The van der Waals surface area contributed by atoms with E-state index in [2.05, 4.69) is 11.1 Å². The molecule has 0 radical (unpaired) electrons. The van der Waals surface area contributed by atoms with E-state index >= 15 is 0 Å². The van der Waals surface area contributed by atoms with Crippen LogP contribution in [0.1, 0.15) is 29.5 Å². The van der Waals surface area contributed by atoms with Gasteiger partial charge in [-0.3, -0.25) is 4.98 Å². The molecule has 0 bridgehead atoms. The van der Waals surface area contributed by atoms with Crippen molar-refractivity contribution in [2.45, 2.75) is 19.3 Å². The summed E-state index contributed by atoms with van der Waals surface area (Å²) in [4.78, 5) is 4.02. The highest BCUT2D eigenvalue weighted by molar-refractivity contribution is 5.83. The molecular weight excluding hydrogens is 225 g/mol. The number of hydrogen-bond acceptors (Lipinski definition) is 1. The first-order chi connectivity index (χ1) is 8.83. The summed E-state index contributed by atoms with van der Waals surface area (Å²) in [7, 11) is 0. The Morgan fingerprint density at radius 3 is 2.72 bits per heavy atom. The number of fused-ring (bicyclic) bond motifs is 1. The number of halogens is 1. The van der Waals surface area contributed by atoms with Crippen LogP contribution in [-0.2, 0) is 6.42 Å². The van der Waals surface area contributed by atoms with E-state index in [4.69, 9.17) is 0 Å². The van der Waals surface area contributed by atoms with Crippen molar-refractivity contribution in [2.24, 2.45) is 0 Å². The highest BCUT2D eigenvalue weighted by Gasteiger charge is 2.14. The second-order valence-electron chi connectivity index (χ2n) is 4.61. The Hall–Kier alpha value is -1.96. The van der Waals surface area contributed by atoms with Crippen LogP contribution in [0.4, 0.5) is 4.39 Å². The SMILES string of the molecule is Fc1ccc2c(c1)CCC/C2=C/c1ccncc1. The molecule has 3 rings (SSSR count). The second-order valence-corrected chi connectivity index (χ2v) is 4.61. The van der Waals surface area contributed by atoms with Crippen LogP contribution in [0.25, 0.3) is 11.6 Å². The number of hydrogen-bond donors (Lipinski definition) is 0. The van der Waals surface area contributed by atoms with Crippen molar-refractivity contribution in [1.82, 2.24) is 4.98 Å². The fraction of sp³-hybridized carbons (Fsp3) is 0.188. The summed E-state index contributed by atoms with van der Waals surface area (Å²) < 4.78 is 13.2. The lowest BCUT2D eigenvalue weighted by atomic mass is 9.86. The molecule has 0 amide bonds. The highest BCUT2D eigenvalue weighted by atomic mass is 19.1. The Morgan fingerprint density at radius 1 is 1.06 bits per heavy atom. The van der Waals surface area contributed by atoms with Gasteiger partial charge in [-0.05, 0) is 65.8 Å². The van der Waals surface area contributed by atoms with E-state index in [0.717, 1.165) is 30.4 Å². The molecule has 0 atom stereocenters. The van der Waals surface area contributed by atoms with Gasteiger partial charge in [0.15, 0.2) is 0 Å². The Balaban J connectivity index is 2.04. The van der Waals surface area contributed by atoms with Gasteiger partial charge in [0.1, 0.15) is 5.82 Å². The van der Waals surface area contributed by atoms with Crippen LogP contribution >= 0.6 is 0 Å². The minimum atomic E-state index is -0.140. The van der Waals surface area contributed by atoms with Crippen molar-refractivity contribution in [3.63, 3.8) is 0 Å². The molecule has 0 aliphatic heterocycles. The molecule has 1 nitrogen and oxygen atoms in total. The zero-order chi connectivity index (χ0) is 12.4. The lowest BCUT2D eigenvalue weighted by Crippen LogP contribution is -2.02. The third-order valence-electron chi connectivity index (χ3n) is 3.35. The van der Waals surface area contributed by atoms with Crippen molar-refractivity contribution < 1.29 is 4.39 Å². The van der Waals surface area contributed by atoms with Gasteiger partial charge in [0.05, 0.1) is 0 Å². The Kier molecular flexibility index (Phi) is 2.93. The van der Waals surface area contributed by atoms with Gasteiger partial charge in [-0.1, -0.05) is 12.1 Å². The fourth-order valence-corrected chi connectivity index (χ4v) is 2.50. The number of allylic oxidation sites excluding steroid dienone is 1. The normalized spacial score (nSPS) is 16.6. The van der Waals surface area contributed by atoms with Gasteiger partial charge < -0.3 is 0 Å². The minimum Gasteiger partial charge on any atom is -0.265 e. The summed E-state index contributed by atoms with van der Waals surface area (Å²) in [5, 5.41) is 0. The molecule has 0 unspecified atom stereocenters. The summed E-state index contributed by atoms with van der Waals surface area (Å²) in [6.07, 6.45) is 8.88. The van der Waals surface area contributed by atoms with Crippen LogP contribution < -0.4 is 0 Å². The standard InChI is InChI=1S/C16H14FN/c17-15-4-5-16-13(2-1-3-14(16)11-15)10-12-6-8-18-9-7-12/h4-11H,1-3H2/b13-10-. The van der Waals surface area contributed by atoms with Crippen LogP contribution in [0.3, 0.4) is 0 Å². The zero-order valence-corrected chi connectivity index (χ0v) is 10.1. The summed E-state index contributed by atoms with van der Waals surface area (Å²) in [5.74, 6) is -0.140. The maximum atomic E-state index is 13.2. The van der Waals surface area contributed by atoms with Crippen molar-refractivity contribution in [2.75, 3.05) is 0 Å². The summed E-state index contributed by atoms with van der Waals surface area (Å²) in [6, 6.07) is 9.09. The summed E-state index contributed by atoms with van der Waals surface area (Å²) in [5.41, 5.74) is 4.76. The van der Waals surface area contributed by atoms with Crippen LogP contribution in [0.5, 0.6) is 0 Å². The molecule has 2 heteroatoms. The number of aryl methyl sites for hydroxylation is 1. The maximum absolute atomic E-state index is 13.2. The van der Waals surface area contributed by atoms with E-state index < -0.39 is 0 Å². The molecule has 2 aromatic rings. The number of aromatic nitrogens is 1. The van der Waals surface area contributed by atoms with Crippen molar-refractivity contribution >= 4 is 11.6 Å². The third kappa shape index (κ3) is 2.19. The van der Waals surface area contributed by atoms with Gasteiger partial charge in [0.2, 0.25) is 0 Å². The van der Waals surface area contributed by atoms with Gasteiger partial charge in [-0.15, -0.1) is 0 Å². The second kappa shape index (κ2) is 4.73. The van der Waals surface area contributed by atoms with E-state index in [1.165, 1.54) is 11.1 Å². The molecule has 0 N–H and O–H groups in total. The van der Waals surface area contributed by atoms with E-state index in [1.807, 2.05) is 18.2 Å². The van der Waals surface area contributed by atoms with Crippen LogP contribution in [0.2, 0.25) is 0 Å². The fourth-order valence-electron chi connectivity index (χ4n) is 2.50. The molecule has 0 saturated carbocycles. The molecule has 90 valence electrons. The molecule has 0 saturated heterocycles. The molecule has 1 aliphatic rings. The number of nitrogens with zero attached hydrogens (tertiary/aromatic N) is 1. The predicted octanol–water partition coefficient (Wildman–Crippen LogP) is 4.10. The van der Waals surface area contributed by atoms with Gasteiger partial charge >= 0.3 is 0 Å². The maximum Gasteiger partial charge on any atom is 0.123 e. The monoisotopic (exact) mass is 239 g/mol. The summed E-state index contributed by atoms with van der Waals surface area (Å²) >= 11 is 0. The quantitative estimate of drug-likeness (QED) is 0.730. The Bertz CT molecular complexity index is 587. The number of benzene rings is 1. The molecule has 1 aromatic carbocycles. The van der Waals surface area contributed by atoms with Crippen LogP contribution in [0, 0.1) is 5.82 Å². The molecular formula is C16H14FN. The zero-order valence-electron chi connectivity index (χ0n) is 10.1. The van der Waals surface area contributed by atoms with Crippen molar-refractivity contribution in [3.05, 3.63) is 65.2 Å². The highest BCUT2D eigenvalue weighted by Crippen LogP contribution is 2.32. The molecule has 1 aromatic heterocycles. The van der Waals surface area contributed by atoms with Gasteiger partial charge in [0, 0.05) is 12.4 Å². The smallest absolute Gasteiger partial charge is 0.123 e. The number of rotatable bonds is 1. The van der Waals surface area contributed by atoms with E-state index in [-0.39, 0.29) is 5.82 Å².